The molecule has 0 aromatic heterocycles. The average Bonchev–Trinajstić information content (AvgIpc) is 3.13. The molecule has 4 nitrogen and oxygen atoms in total. The van der Waals surface area contributed by atoms with Crippen molar-refractivity contribution in [2.75, 3.05) is 31.8 Å². The molecule has 1 fully saturated rings. The highest BCUT2D eigenvalue weighted by Crippen LogP contribution is 2.28. The monoisotopic (exact) mass is 370 g/mol. The number of thioether (sulfide) groups is 1. The van der Waals surface area contributed by atoms with Crippen LogP contribution in [0.4, 0.5) is 5.69 Å². The summed E-state index contributed by atoms with van der Waals surface area (Å²) >= 11 is 2.00. The molecule has 0 bridgehead atoms. The maximum Gasteiger partial charge on any atom is 0.0671 e. The Morgan fingerprint density at radius 3 is 2.65 bits per heavy atom. The molecule has 1 aliphatic heterocycles. The van der Waals surface area contributed by atoms with Crippen molar-refractivity contribution in [1.82, 2.24) is 4.90 Å². The van der Waals surface area contributed by atoms with Crippen molar-refractivity contribution in [3.63, 3.8) is 0 Å². The molecule has 1 aliphatic rings. The van der Waals surface area contributed by atoms with Crippen LogP contribution in [0.15, 0.2) is 40.8 Å². The fourth-order valence-electron chi connectivity index (χ4n) is 2.77. The van der Waals surface area contributed by atoms with Gasteiger partial charge in [-0.3, -0.25) is 14.9 Å². The van der Waals surface area contributed by atoms with Gasteiger partial charge < -0.3 is 5.73 Å². The fraction of sp³-hybridized carbons (Fsp3) is 0.429. The number of hydrogen-bond acceptors (Lipinski definition) is 5. The van der Waals surface area contributed by atoms with Crippen molar-refractivity contribution in [2.24, 2.45) is 15.7 Å². The molecule has 0 atom stereocenters. The van der Waals surface area contributed by atoms with E-state index in [2.05, 4.69) is 29.5 Å². The Morgan fingerprint density at radius 1 is 1.31 bits per heavy atom. The maximum atomic E-state index is 5.98. The fourth-order valence-corrected chi connectivity index (χ4v) is 3.80. The lowest BCUT2D eigenvalue weighted by atomic mass is 9.98. The molecule has 0 amide bonds. The summed E-state index contributed by atoms with van der Waals surface area (Å²) in [6.45, 7) is 12.3. The molecule has 1 heterocycles. The van der Waals surface area contributed by atoms with Gasteiger partial charge in [-0.05, 0) is 68.2 Å². The third-order valence-corrected chi connectivity index (χ3v) is 5.62. The molecule has 0 radical (unpaired) electrons. The summed E-state index contributed by atoms with van der Waals surface area (Å²) in [4.78, 5) is 11.4. The van der Waals surface area contributed by atoms with Crippen molar-refractivity contribution < 1.29 is 0 Å². The van der Waals surface area contributed by atoms with Gasteiger partial charge in [0.1, 0.15) is 0 Å². The van der Waals surface area contributed by atoms with Gasteiger partial charge in [0.05, 0.1) is 5.69 Å². The van der Waals surface area contributed by atoms with E-state index >= 15 is 0 Å². The Bertz CT molecular complexity index is 741. The van der Waals surface area contributed by atoms with Gasteiger partial charge in [-0.25, -0.2) is 0 Å². The Labute approximate surface area is 162 Å². The number of nitrogens with zero attached hydrogens (tertiary/aromatic N) is 3. The lowest BCUT2D eigenvalue weighted by Gasteiger charge is -2.17. The topological polar surface area (TPSA) is 54.0 Å². The summed E-state index contributed by atoms with van der Waals surface area (Å²) in [5.41, 5.74) is 12.9. The van der Waals surface area contributed by atoms with E-state index in [4.69, 9.17) is 10.7 Å². The first-order valence-corrected chi connectivity index (χ1v) is 10.1. The molecular formula is C21H30N4S. The first-order chi connectivity index (χ1) is 12.4. The molecule has 1 aromatic carbocycles. The molecule has 5 heteroatoms. The summed E-state index contributed by atoms with van der Waals surface area (Å²) in [5.74, 6) is 2.37. The molecule has 0 aliphatic carbocycles. The maximum absolute atomic E-state index is 5.98. The van der Waals surface area contributed by atoms with Crippen molar-refractivity contribution in [3.8, 4) is 0 Å². The number of nitrogens with two attached hydrogens (primary N) is 1. The first-order valence-electron chi connectivity index (χ1n) is 8.96. The number of allylic oxidation sites excluding steroid dienone is 2. The van der Waals surface area contributed by atoms with Gasteiger partial charge in [-0.15, -0.1) is 11.8 Å². The number of benzene rings is 1. The molecule has 0 unspecified atom stereocenters. The van der Waals surface area contributed by atoms with Crippen LogP contribution in [-0.4, -0.2) is 48.1 Å². The van der Waals surface area contributed by atoms with Crippen LogP contribution in [0.5, 0.6) is 0 Å². The molecule has 1 saturated heterocycles. The van der Waals surface area contributed by atoms with E-state index < -0.39 is 0 Å². The second-order valence-electron chi connectivity index (χ2n) is 6.66. The summed E-state index contributed by atoms with van der Waals surface area (Å²) in [6.07, 6.45) is 4.98. The summed E-state index contributed by atoms with van der Waals surface area (Å²) < 4.78 is 0. The van der Waals surface area contributed by atoms with E-state index in [1.165, 1.54) is 23.4 Å². The van der Waals surface area contributed by atoms with Crippen LogP contribution in [0.2, 0.25) is 0 Å². The SMILES string of the molecule is C=C(N)c1cc(CCN2CCSC2)c(C)c(N=C(C)/C=C/C(C)=NC)c1. The van der Waals surface area contributed by atoms with Gasteiger partial charge >= 0.3 is 0 Å². The number of hydrogen-bond donors (Lipinski definition) is 1. The van der Waals surface area contributed by atoms with E-state index in [-0.39, 0.29) is 0 Å². The minimum absolute atomic E-state index is 0.585. The quantitative estimate of drug-likeness (QED) is 0.732. The van der Waals surface area contributed by atoms with Crippen LogP contribution in [0, 0.1) is 6.92 Å². The van der Waals surface area contributed by atoms with E-state index in [9.17, 15) is 0 Å². The molecular weight excluding hydrogens is 340 g/mol. The third-order valence-electron chi connectivity index (χ3n) is 4.60. The van der Waals surface area contributed by atoms with Gasteiger partial charge in [0.25, 0.3) is 0 Å². The normalized spacial score (nSPS) is 16.6. The minimum atomic E-state index is 0.585. The van der Waals surface area contributed by atoms with E-state index in [1.807, 2.05) is 43.8 Å². The molecule has 2 N–H and O–H groups in total. The molecule has 26 heavy (non-hydrogen) atoms. The zero-order chi connectivity index (χ0) is 19.1. The summed E-state index contributed by atoms with van der Waals surface area (Å²) in [5, 5.41) is 0. The Hall–Kier alpha value is -1.85. The van der Waals surface area contributed by atoms with Crippen molar-refractivity contribution >= 4 is 34.6 Å². The van der Waals surface area contributed by atoms with Gasteiger partial charge in [-0.1, -0.05) is 6.58 Å². The first kappa shape index (κ1) is 20.5. The number of aliphatic imine (C=N–C) groups is 2. The Kier molecular flexibility index (Phi) is 7.66. The second kappa shape index (κ2) is 9.74. The standard InChI is InChI=1S/C21H30N4S/c1-15(23-5)6-7-16(2)24-21-13-20(18(4)22)12-19(17(21)3)8-9-25-10-11-26-14-25/h6-7,12-13H,4,8-11,14,22H2,1-3,5H3/b7-6+,23-15?,24-16?. The van der Waals surface area contributed by atoms with E-state index in [0.717, 1.165) is 41.5 Å². The Morgan fingerprint density at radius 2 is 2.04 bits per heavy atom. The third kappa shape index (κ3) is 5.85. The van der Waals surface area contributed by atoms with Crippen LogP contribution in [0.1, 0.15) is 30.5 Å². The van der Waals surface area contributed by atoms with Crippen LogP contribution >= 0.6 is 11.8 Å². The predicted octanol–water partition coefficient (Wildman–Crippen LogP) is 4.21. The van der Waals surface area contributed by atoms with Crippen molar-refractivity contribution in [1.29, 1.82) is 0 Å². The Balaban J connectivity index is 2.28. The predicted molar refractivity (Wildman–Crippen MR) is 118 cm³/mol. The number of rotatable bonds is 7. The highest BCUT2D eigenvalue weighted by molar-refractivity contribution is 7.99. The van der Waals surface area contributed by atoms with Gasteiger partial charge in [0.2, 0.25) is 0 Å². The highest BCUT2D eigenvalue weighted by Gasteiger charge is 2.14. The van der Waals surface area contributed by atoms with Crippen LogP contribution in [-0.2, 0) is 6.42 Å². The van der Waals surface area contributed by atoms with Gasteiger partial charge in [-0.2, -0.15) is 0 Å². The minimum Gasteiger partial charge on any atom is -0.399 e. The van der Waals surface area contributed by atoms with Gasteiger partial charge in [0.15, 0.2) is 0 Å². The molecule has 1 aromatic rings. The lowest BCUT2D eigenvalue weighted by Crippen LogP contribution is -2.22. The molecule has 2 rings (SSSR count). The van der Waals surface area contributed by atoms with Crippen LogP contribution in [0.25, 0.3) is 5.70 Å². The summed E-state index contributed by atoms with van der Waals surface area (Å²) in [6, 6.07) is 4.20. The highest BCUT2D eigenvalue weighted by atomic mass is 32.2. The largest absolute Gasteiger partial charge is 0.399 e. The lowest BCUT2D eigenvalue weighted by molar-refractivity contribution is 0.360. The molecule has 0 spiro atoms. The van der Waals surface area contributed by atoms with Crippen LogP contribution in [0.3, 0.4) is 0 Å². The molecule has 0 saturated carbocycles. The summed E-state index contributed by atoms with van der Waals surface area (Å²) in [7, 11) is 1.79. The van der Waals surface area contributed by atoms with Crippen LogP contribution < -0.4 is 5.73 Å². The second-order valence-corrected chi connectivity index (χ2v) is 7.74. The van der Waals surface area contributed by atoms with E-state index in [0.29, 0.717) is 5.70 Å². The smallest absolute Gasteiger partial charge is 0.0671 e. The van der Waals surface area contributed by atoms with Gasteiger partial charge in [0, 0.05) is 48.9 Å². The zero-order valence-corrected chi connectivity index (χ0v) is 17.2. The van der Waals surface area contributed by atoms with E-state index in [1.54, 1.807) is 7.05 Å². The van der Waals surface area contributed by atoms with Crippen molar-refractivity contribution in [3.05, 3.63) is 47.6 Å². The van der Waals surface area contributed by atoms with Crippen molar-refractivity contribution in [2.45, 2.75) is 27.2 Å². The molecule has 140 valence electrons. The zero-order valence-electron chi connectivity index (χ0n) is 16.4. The average molecular weight is 371 g/mol.